The second-order valence-corrected chi connectivity index (χ2v) is 12.2. The summed E-state index contributed by atoms with van der Waals surface area (Å²) in [6.07, 6.45) is 13.6. The Morgan fingerprint density at radius 2 is 2.00 bits per heavy atom. The Balaban J connectivity index is 1.26. The third-order valence-electron chi connectivity index (χ3n) is 9.35. The van der Waals surface area contributed by atoms with Crippen molar-refractivity contribution in [3.8, 4) is 11.3 Å². The standard InChI is InChI=1S/C32H46N6O2/c1-3-25(39)8-6-5-7-9-28(37-31(40)26-19-32(26)14-16-38(4-2)17-15-32)30-34-21-29(36-30)22-10-13-27(23(18-22)20-33)35-24-11-12-24/h10,13,18,20-21,24,26,28,33,35H,3-9,11-12,14-17,19H2,1-2H3,(H,34,36)(H,37,40)/t26-,28+/m1/s1. The minimum Gasteiger partial charge on any atom is -0.382 e. The smallest absolute Gasteiger partial charge is 0.224 e. The fourth-order valence-corrected chi connectivity index (χ4v) is 6.25. The van der Waals surface area contributed by atoms with Crippen molar-refractivity contribution < 1.29 is 9.59 Å². The molecule has 2 saturated carbocycles. The molecule has 2 aliphatic carbocycles. The average molecular weight is 547 g/mol. The number of aromatic amines is 1. The number of amides is 1. The van der Waals surface area contributed by atoms with Crippen molar-refractivity contribution >= 4 is 23.6 Å². The van der Waals surface area contributed by atoms with Crippen LogP contribution in [0.1, 0.15) is 102 Å². The number of rotatable bonds is 15. The van der Waals surface area contributed by atoms with Crippen LogP contribution in [-0.4, -0.2) is 58.4 Å². The number of H-pyrrole nitrogens is 1. The summed E-state index contributed by atoms with van der Waals surface area (Å²) in [6, 6.07) is 6.46. The molecular weight excluding hydrogens is 500 g/mol. The van der Waals surface area contributed by atoms with Gasteiger partial charge in [0.2, 0.25) is 5.91 Å². The van der Waals surface area contributed by atoms with E-state index in [1.807, 2.05) is 25.3 Å². The molecule has 0 bridgehead atoms. The van der Waals surface area contributed by atoms with Crippen molar-refractivity contribution in [1.29, 1.82) is 5.41 Å². The Morgan fingerprint density at radius 3 is 2.70 bits per heavy atom. The van der Waals surface area contributed by atoms with Gasteiger partial charge in [-0.3, -0.25) is 9.59 Å². The molecule has 2 aromatic rings. The Hall–Kier alpha value is -3.00. The summed E-state index contributed by atoms with van der Waals surface area (Å²) < 4.78 is 0. The number of nitrogens with one attached hydrogen (secondary N) is 4. The number of ketones is 1. The summed E-state index contributed by atoms with van der Waals surface area (Å²) >= 11 is 0. The number of imidazole rings is 1. The van der Waals surface area contributed by atoms with Crippen molar-refractivity contribution in [1.82, 2.24) is 20.2 Å². The van der Waals surface area contributed by atoms with Crippen molar-refractivity contribution in [2.45, 2.75) is 96.6 Å². The summed E-state index contributed by atoms with van der Waals surface area (Å²) in [7, 11) is 0. The first-order valence-electron chi connectivity index (χ1n) is 15.5. The zero-order chi connectivity index (χ0) is 28.1. The van der Waals surface area contributed by atoms with Crippen LogP contribution in [0.2, 0.25) is 0 Å². The second kappa shape index (κ2) is 12.7. The lowest BCUT2D eigenvalue weighted by Gasteiger charge is -2.32. The molecule has 0 radical (unpaired) electrons. The molecule has 1 spiro atoms. The van der Waals surface area contributed by atoms with Crippen LogP contribution in [0.4, 0.5) is 5.69 Å². The third-order valence-corrected chi connectivity index (χ3v) is 9.35. The van der Waals surface area contributed by atoms with Crippen LogP contribution in [0.25, 0.3) is 11.3 Å². The van der Waals surface area contributed by atoms with Crippen molar-refractivity contribution in [3.63, 3.8) is 0 Å². The molecule has 3 aliphatic rings. The zero-order valence-electron chi connectivity index (χ0n) is 24.2. The van der Waals surface area contributed by atoms with Crippen molar-refractivity contribution in [2.24, 2.45) is 11.3 Å². The predicted octanol–water partition coefficient (Wildman–Crippen LogP) is 5.86. The van der Waals surface area contributed by atoms with E-state index < -0.39 is 0 Å². The van der Waals surface area contributed by atoms with Crippen LogP contribution in [0.15, 0.2) is 24.4 Å². The molecule has 2 heterocycles. The number of hydrogen-bond donors (Lipinski definition) is 4. The molecule has 1 aromatic carbocycles. The van der Waals surface area contributed by atoms with E-state index in [4.69, 9.17) is 10.4 Å². The van der Waals surface area contributed by atoms with E-state index in [9.17, 15) is 9.59 Å². The maximum absolute atomic E-state index is 13.5. The van der Waals surface area contributed by atoms with E-state index in [0.29, 0.717) is 24.7 Å². The highest BCUT2D eigenvalue weighted by Crippen LogP contribution is 2.59. The van der Waals surface area contributed by atoms with E-state index in [1.165, 1.54) is 19.1 Å². The van der Waals surface area contributed by atoms with E-state index in [2.05, 4.69) is 33.5 Å². The number of hydrogen-bond acceptors (Lipinski definition) is 6. The molecule has 0 unspecified atom stereocenters. The van der Waals surface area contributed by atoms with Crippen LogP contribution in [0.3, 0.4) is 0 Å². The summed E-state index contributed by atoms with van der Waals surface area (Å²) in [5.74, 6) is 1.36. The monoisotopic (exact) mass is 546 g/mol. The quantitative estimate of drug-likeness (QED) is 0.165. The molecule has 5 rings (SSSR count). The Labute approximate surface area is 238 Å². The molecule has 40 heavy (non-hydrogen) atoms. The molecule has 1 saturated heterocycles. The van der Waals surface area contributed by atoms with E-state index >= 15 is 0 Å². The number of carbonyl (C=O) groups excluding carboxylic acids is 2. The molecular formula is C32H46N6O2. The van der Waals surface area contributed by atoms with Gasteiger partial charge in [0.25, 0.3) is 0 Å². The van der Waals surface area contributed by atoms with Gasteiger partial charge in [0.15, 0.2) is 0 Å². The Morgan fingerprint density at radius 1 is 1.20 bits per heavy atom. The maximum atomic E-state index is 13.5. The minimum atomic E-state index is -0.186. The van der Waals surface area contributed by atoms with Crippen molar-refractivity contribution in [2.75, 3.05) is 25.0 Å². The van der Waals surface area contributed by atoms with Crippen LogP contribution < -0.4 is 10.6 Å². The fraction of sp³-hybridized carbons (Fsp3) is 0.625. The number of nitrogens with zero attached hydrogens (tertiary/aromatic N) is 2. The number of Topliss-reactive ketones (excluding diaryl/α,β-unsaturated/α-hetero) is 1. The van der Waals surface area contributed by atoms with Gasteiger partial charge in [0.05, 0.1) is 17.9 Å². The van der Waals surface area contributed by atoms with Gasteiger partial charge >= 0.3 is 0 Å². The molecule has 216 valence electrons. The molecule has 1 amide bonds. The van der Waals surface area contributed by atoms with Gasteiger partial charge < -0.3 is 25.9 Å². The molecule has 1 aromatic heterocycles. The van der Waals surface area contributed by atoms with Crippen LogP contribution >= 0.6 is 0 Å². The number of benzene rings is 1. The van der Waals surface area contributed by atoms with Gasteiger partial charge in [-0.2, -0.15) is 0 Å². The summed E-state index contributed by atoms with van der Waals surface area (Å²) in [4.78, 5) is 35.9. The first-order chi connectivity index (χ1) is 19.4. The van der Waals surface area contributed by atoms with Gasteiger partial charge in [-0.25, -0.2) is 4.98 Å². The van der Waals surface area contributed by atoms with Gasteiger partial charge in [-0.05, 0) is 82.1 Å². The molecule has 8 nitrogen and oxygen atoms in total. The summed E-state index contributed by atoms with van der Waals surface area (Å²) in [5.41, 5.74) is 3.91. The first kappa shape index (κ1) is 28.5. The van der Waals surface area contributed by atoms with Gasteiger partial charge in [-0.15, -0.1) is 0 Å². The maximum Gasteiger partial charge on any atom is 0.224 e. The normalized spacial score (nSPS) is 20.7. The highest BCUT2D eigenvalue weighted by Gasteiger charge is 2.58. The number of anilines is 1. The number of likely N-dealkylation sites (tertiary alicyclic amines) is 1. The van der Waals surface area contributed by atoms with Crippen molar-refractivity contribution in [3.05, 3.63) is 35.8 Å². The summed E-state index contributed by atoms with van der Waals surface area (Å²) in [6.45, 7) is 7.39. The van der Waals surface area contributed by atoms with E-state index in [0.717, 1.165) is 92.9 Å². The highest BCUT2D eigenvalue weighted by molar-refractivity contribution is 5.88. The average Bonchev–Trinajstić information content (AvgIpc) is 3.88. The fourth-order valence-electron chi connectivity index (χ4n) is 6.25. The largest absolute Gasteiger partial charge is 0.382 e. The lowest BCUT2D eigenvalue weighted by Crippen LogP contribution is -2.37. The minimum absolute atomic E-state index is 0.104. The number of aromatic nitrogens is 2. The SMILES string of the molecule is CCC(=O)CCCCC[C@H](NC(=O)[C@H]1CC12CCN(CC)CC2)c1ncc(-c2ccc(NC3CC3)c(C=N)c2)[nH]1. The first-order valence-corrected chi connectivity index (χ1v) is 15.5. The van der Waals surface area contributed by atoms with E-state index in [1.54, 1.807) is 0 Å². The molecule has 2 atom stereocenters. The van der Waals surface area contributed by atoms with Crippen LogP contribution in [0, 0.1) is 16.7 Å². The Kier molecular flexibility index (Phi) is 9.03. The zero-order valence-corrected chi connectivity index (χ0v) is 24.2. The van der Waals surface area contributed by atoms with Crippen LogP contribution in [0.5, 0.6) is 0 Å². The predicted molar refractivity (Wildman–Crippen MR) is 160 cm³/mol. The van der Waals surface area contributed by atoms with Gasteiger partial charge in [0.1, 0.15) is 11.6 Å². The number of piperidine rings is 1. The van der Waals surface area contributed by atoms with E-state index in [-0.39, 0.29) is 23.3 Å². The van der Waals surface area contributed by atoms with Gasteiger partial charge in [0, 0.05) is 47.8 Å². The van der Waals surface area contributed by atoms with Crippen LogP contribution in [-0.2, 0) is 9.59 Å². The van der Waals surface area contributed by atoms with Gasteiger partial charge in [-0.1, -0.05) is 32.8 Å². The molecule has 8 heteroatoms. The molecule has 1 aliphatic heterocycles. The molecule has 3 fully saturated rings. The number of unbranched alkanes of at least 4 members (excludes halogenated alkanes) is 2. The number of carbonyl (C=O) groups is 2. The molecule has 4 N–H and O–H groups in total. The third kappa shape index (κ3) is 6.82. The second-order valence-electron chi connectivity index (χ2n) is 12.2. The highest BCUT2D eigenvalue weighted by atomic mass is 16.2. The Bertz CT molecular complexity index is 1190. The lowest BCUT2D eigenvalue weighted by atomic mass is 9.90. The topological polar surface area (TPSA) is 114 Å². The summed E-state index contributed by atoms with van der Waals surface area (Å²) in [5, 5.41) is 14.8. The lowest BCUT2D eigenvalue weighted by molar-refractivity contribution is -0.124.